The van der Waals surface area contributed by atoms with Crippen molar-refractivity contribution >= 4 is 46.5 Å². The Bertz CT molecular complexity index is 1200. The van der Waals surface area contributed by atoms with E-state index < -0.39 is 18.4 Å². The minimum absolute atomic E-state index is 0.000731. The van der Waals surface area contributed by atoms with Gasteiger partial charge in [0.15, 0.2) is 18.1 Å². The van der Waals surface area contributed by atoms with Crippen molar-refractivity contribution in [1.29, 1.82) is 0 Å². The van der Waals surface area contributed by atoms with E-state index in [1.54, 1.807) is 43.5 Å². The van der Waals surface area contributed by atoms with Crippen molar-refractivity contribution in [3.63, 3.8) is 0 Å². The molecule has 0 atom stereocenters. The summed E-state index contributed by atoms with van der Waals surface area (Å²) < 4.78 is 16.1. The number of carbonyl (C=O) groups is 3. The molecule has 3 rings (SSSR count). The number of hydrogen-bond donors (Lipinski definition) is 1. The second-order valence-electron chi connectivity index (χ2n) is 7.39. The van der Waals surface area contributed by atoms with Gasteiger partial charge in [-0.2, -0.15) is 0 Å². The molecule has 3 aromatic carbocycles. The van der Waals surface area contributed by atoms with Crippen molar-refractivity contribution in [3.05, 3.63) is 82.3 Å². The second-order valence-corrected chi connectivity index (χ2v) is 8.23. The zero-order chi connectivity index (χ0) is 25.2. The normalized spacial score (nSPS) is 10.4. The van der Waals surface area contributed by atoms with E-state index in [1.165, 1.54) is 18.2 Å². The average Bonchev–Trinajstić information content (AvgIpc) is 2.84. The lowest BCUT2D eigenvalue weighted by atomic mass is 10.1. The molecule has 0 spiro atoms. The Kier molecular flexibility index (Phi) is 9.52. The third-order valence-electron chi connectivity index (χ3n) is 4.82. The lowest BCUT2D eigenvalue weighted by molar-refractivity contribution is -0.142. The Hall–Kier alpha value is -3.55. The van der Waals surface area contributed by atoms with Crippen LogP contribution in [-0.4, -0.2) is 31.4 Å². The molecule has 0 aliphatic heterocycles. The van der Waals surface area contributed by atoms with Crippen LogP contribution in [0.3, 0.4) is 0 Å². The molecule has 0 heterocycles. The number of methoxy groups -OCH3 is 1. The molecule has 0 bridgehead atoms. The van der Waals surface area contributed by atoms with E-state index in [4.69, 9.17) is 37.4 Å². The number of amides is 1. The summed E-state index contributed by atoms with van der Waals surface area (Å²) in [7, 11) is 1.57. The summed E-state index contributed by atoms with van der Waals surface area (Å²) in [5.74, 6) is 0.521. The van der Waals surface area contributed by atoms with Crippen LogP contribution >= 0.6 is 23.2 Å². The maximum atomic E-state index is 12.2. The highest BCUT2D eigenvalue weighted by atomic mass is 35.5. The minimum atomic E-state index is -0.575. The van der Waals surface area contributed by atoms with Gasteiger partial charge in [0.1, 0.15) is 5.75 Å². The summed E-state index contributed by atoms with van der Waals surface area (Å²) in [4.78, 5) is 36.2. The topological polar surface area (TPSA) is 90.9 Å². The van der Waals surface area contributed by atoms with Gasteiger partial charge in [-0.25, -0.2) is 0 Å². The Balaban J connectivity index is 1.38. The summed E-state index contributed by atoms with van der Waals surface area (Å²) in [6, 6.07) is 18.6. The number of ketones is 1. The Morgan fingerprint density at radius 3 is 2.29 bits per heavy atom. The average molecular weight is 516 g/mol. The molecule has 35 heavy (non-hydrogen) atoms. The van der Waals surface area contributed by atoms with Crippen molar-refractivity contribution in [3.8, 4) is 17.2 Å². The fraction of sp³-hybridized carbons (Fsp3) is 0.192. The maximum absolute atomic E-state index is 12.2. The van der Waals surface area contributed by atoms with E-state index in [1.807, 2.05) is 12.1 Å². The van der Waals surface area contributed by atoms with Crippen molar-refractivity contribution in [1.82, 2.24) is 0 Å². The number of para-hydroxylation sites is 2. The number of anilines is 1. The number of benzene rings is 3. The first-order chi connectivity index (χ1) is 16.9. The van der Waals surface area contributed by atoms with Gasteiger partial charge in [0.2, 0.25) is 11.7 Å². The number of nitrogens with one attached hydrogen (secondary N) is 1. The van der Waals surface area contributed by atoms with Crippen LogP contribution in [0.25, 0.3) is 0 Å². The largest absolute Gasteiger partial charge is 0.493 e. The molecule has 7 nitrogen and oxygen atoms in total. The van der Waals surface area contributed by atoms with Crippen LogP contribution in [-0.2, 0) is 14.3 Å². The molecule has 0 radical (unpaired) electrons. The summed E-state index contributed by atoms with van der Waals surface area (Å²) in [6.45, 7) is -0.435. The van der Waals surface area contributed by atoms with E-state index in [-0.39, 0.29) is 35.8 Å². The van der Waals surface area contributed by atoms with Crippen molar-refractivity contribution in [2.24, 2.45) is 0 Å². The van der Waals surface area contributed by atoms with E-state index in [2.05, 4.69) is 5.32 Å². The predicted molar refractivity (Wildman–Crippen MR) is 134 cm³/mol. The van der Waals surface area contributed by atoms with E-state index in [0.717, 1.165) is 0 Å². The standard InChI is InChI=1S/C26H23Cl2NO6/c1-33-23-5-2-3-6-24(23)35-19-12-10-18(11-13-19)29-25(31)7-4-8-26(32)34-16-22(30)20-14-9-17(27)15-21(20)28/h2-3,5-6,9-15H,4,7-8,16H2,1H3,(H,29,31). The highest BCUT2D eigenvalue weighted by Crippen LogP contribution is 2.31. The highest BCUT2D eigenvalue weighted by molar-refractivity contribution is 6.36. The van der Waals surface area contributed by atoms with E-state index >= 15 is 0 Å². The van der Waals surface area contributed by atoms with Crippen LogP contribution < -0.4 is 14.8 Å². The lowest BCUT2D eigenvalue weighted by Crippen LogP contribution is -2.15. The van der Waals surface area contributed by atoms with Crippen LogP contribution in [0.4, 0.5) is 5.69 Å². The van der Waals surface area contributed by atoms with Crippen LogP contribution in [0.2, 0.25) is 10.0 Å². The zero-order valence-corrected chi connectivity index (χ0v) is 20.4. The Labute approximate surface area is 212 Å². The summed E-state index contributed by atoms with van der Waals surface area (Å²) in [5, 5.41) is 3.35. The molecule has 0 aliphatic rings. The van der Waals surface area contributed by atoms with Crippen molar-refractivity contribution in [2.75, 3.05) is 19.0 Å². The third-order valence-corrected chi connectivity index (χ3v) is 5.36. The number of Topliss-reactive ketones (excluding diaryl/α,β-unsaturated/α-hetero) is 1. The Morgan fingerprint density at radius 1 is 0.886 bits per heavy atom. The SMILES string of the molecule is COc1ccccc1Oc1ccc(NC(=O)CCCC(=O)OCC(=O)c2ccc(Cl)cc2Cl)cc1. The highest BCUT2D eigenvalue weighted by Gasteiger charge is 2.14. The molecule has 182 valence electrons. The van der Waals surface area contributed by atoms with E-state index in [0.29, 0.717) is 28.0 Å². The predicted octanol–water partition coefficient (Wildman–Crippen LogP) is 6.33. The number of ether oxygens (including phenoxy) is 3. The van der Waals surface area contributed by atoms with Gasteiger partial charge in [-0.15, -0.1) is 0 Å². The van der Waals surface area contributed by atoms with Gasteiger partial charge in [0.25, 0.3) is 0 Å². The fourth-order valence-electron chi connectivity index (χ4n) is 3.06. The van der Waals surface area contributed by atoms with Crippen molar-refractivity contribution in [2.45, 2.75) is 19.3 Å². The van der Waals surface area contributed by atoms with E-state index in [9.17, 15) is 14.4 Å². The van der Waals surface area contributed by atoms with Crippen LogP contribution in [0.5, 0.6) is 17.2 Å². The van der Waals surface area contributed by atoms with Gasteiger partial charge in [0, 0.05) is 29.1 Å². The van der Waals surface area contributed by atoms with Crippen molar-refractivity contribution < 1.29 is 28.6 Å². The van der Waals surface area contributed by atoms with Crippen LogP contribution in [0.1, 0.15) is 29.6 Å². The van der Waals surface area contributed by atoms with Gasteiger partial charge in [-0.1, -0.05) is 35.3 Å². The molecule has 1 amide bonds. The number of hydrogen-bond acceptors (Lipinski definition) is 6. The fourth-order valence-corrected chi connectivity index (χ4v) is 3.58. The smallest absolute Gasteiger partial charge is 0.306 e. The van der Waals surface area contributed by atoms with Gasteiger partial charge in [0.05, 0.1) is 12.1 Å². The zero-order valence-electron chi connectivity index (χ0n) is 18.9. The second kappa shape index (κ2) is 12.8. The molecule has 0 saturated heterocycles. The first kappa shape index (κ1) is 26.1. The molecule has 0 fully saturated rings. The number of esters is 1. The molecule has 0 unspecified atom stereocenters. The first-order valence-electron chi connectivity index (χ1n) is 10.7. The first-order valence-corrected chi connectivity index (χ1v) is 11.5. The molecule has 3 aromatic rings. The summed E-state index contributed by atoms with van der Waals surface area (Å²) >= 11 is 11.8. The summed E-state index contributed by atoms with van der Waals surface area (Å²) in [6.07, 6.45) is 0.391. The molecular formula is C26H23Cl2NO6. The number of rotatable bonds is 11. The molecule has 0 aliphatic carbocycles. The summed E-state index contributed by atoms with van der Waals surface area (Å²) in [5.41, 5.74) is 0.818. The third kappa shape index (κ3) is 8.02. The van der Waals surface area contributed by atoms with Crippen LogP contribution in [0, 0.1) is 0 Å². The maximum Gasteiger partial charge on any atom is 0.306 e. The quantitative estimate of drug-likeness (QED) is 0.237. The van der Waals surface area contributed by atoms with Gasteiger partial charge in [-0.05, 0) is 61.0 Å². The minimum Gasteiger partial charge on any atom is -0.493 e. The van der Waals surface area contributed by atoms with Gasteiger partial charge in [-0.3, -0.25) is 14.4 Å². The van der Waals surface area contributed by atoms with Gasteiger partial charge >= 0.3 is 5.97 Å². The molecule has 0 aromatic heterocycles. The molecule has 0 saturated carbocycles. The Morgan fingerprint density at radius 2 is 1.60 bits per heavy atom. The number of halogens is 2. The van der Waals surface area contributed by atoms with Crippen LogP contribution in [0.15, 0.2) is 66.7 Å². The lowest BCUT2D eigenvalue weighted by Gasteiger charge is -2.11. The van der Waals surface area contributed by atoms with Gasteiger partial charge < -0.3 is 19.5 Å². The molecule has 9 heteroatoms. The molecule has 1 N–H and O–H groups in total. The number of carbonyl (C=O) groups excluding carboxylic acids is 3. The molecular weight excluding hydrogens is 493 g/mol. The monoisotopic (exact) mass is 515 g/mol.